The molecule has 15 heavy (non-hydrogen) atoms. The van der Waals surface area contributed by atoms with Crippen molar-refractivity contribution in [3.05, 3.63) is 42.2 Å². The molecular formula is C12H17NOS. The van der Waals surface area contributed by atoms with Gasteiger partial charge in [0.05, 0.1) is 0 Å². The number of allylic oxidation sites excluding steroid dienone is 1. The number of aromatic nitrogens is 1. The molecule has 0 unspecified atom stereocenters. The molecule has 0 radical (unpaired) electrons. The van der Waals surface area contributed by atoms with Gasteiger partial charge in [0.25, 0.3) is 0 Å². The third-order valence-corrected chi connectivity index (χ3v) is 1.89. The van der Waals surface area contributed by atoms with E-state index in [1.807, 2.05) is 32.9 Å². The van der Waals surface area contributed by atoms with E-state index in [4.69, 9.17) is 4.18 Å². The fourth-order valence-corrected chi connectivity index (χ4v) is 1.25. The van der Waals surface area contributed by atoms with Crippen molar-refractivity contribution in [1.29, 1.82) is 0 Å². The molecule has 0 saturated heterocycles. The molecular weight excluding hydrogens is 206 g/mol. The lowest BCUT2D eigenvalue weighted by Gasteiger charge is -2.06. The molecule has 0 aliphatic heterocycles. The lowest BCUT2D eigenvalue weighted by Crippen LogP contribution is -1.89. The van der Waals surface area contributed by atoms with Gasteiger partial charge in [-0.25, -0.2) is 0 Å². The molecule has 0 saturated carbocycles. The number of thiol groups is 1. The van der Waals surface area contributed by atoms with Crippen molar-refractivity contribution in [3.8, 4) is 0 Å². The summed E-state index contributed by atoms with van der Waals surface area (Å²) in [7, 11) is 0. The van der Waals surface area contributed by atoms with E-state index in [1.54, 1.807) is 18.5 Å². The molecule has 1 aromatic rings. The quantitative estimate of drug-likeness (QED) is 0.476. The number of hydrogen-bond acceptors (Lipinski definition) is 3. The SMILES string of the molecule is C=Cc1cnccc1/C(=C\C)OS.CC. The molecule has 82 valence electrons. The average Bonchev–Trinajstić information content (AvgIpc) is 2.34. The molecule has 0 bridgehead atoms. The van der Waals surface area contributed by atoms with Crippen LogP contribution in [0.3, 0.4) is 0 Å². The van der Waals surface area contributed by atoms with Gasteiger partial charge in [0.2, 0.25) is 0 Å². The van der Waals surface area contributed by atoms with Crippen molar-refractivity contribution >= 4 is 24.7 Å². The van der Waals surface area contributed by atoms with Gasteiger partial charge in [-0.05, 0) is 19.1 Å². The summed E-state index contributed by atoms with van der Waals surface area (Å²) in [4.78, 5) is 3.99. The van der Waals surface area contributed by atoms with E-state index >= 15 is 0 Å². The van der Waals surface area contributed by atoms with Crippen molar-refractivity contribution in [1.82, 2.24) is 4.98 Å². The summed E-state index contributed by atoms with van der Waals surface area (Å²) in [5.41, 5.74) is 1.88. The van der Waals surface area contributed by atoms with Crippen molar-refractivity contribution in [2.24, 2.45) is 0 Å². The van der Waals surface area contributed by atoms with Crippen molar-refractivity contribution < 1.29 is 4.18 Å². The Balaban J connectivity index is 0.000000921. The molecule has 2 nitrogen and oxygen atoms in total. The Labute approximate surface area is 97.3 Å². The van der Waals surface area contributed by atoms with Crippen molar-refractivity contribution in [2.75, 3.05) is 0 Å². The highest BCUT2D eigenvalue weighted by Crippen LogP contribution is 2.21. The van der Waals surface area contributed by atoms with E-state index in [0.29, 0.717) is 5.76 Å². The first-order chi connectivity index (χ1) is 7.33. The van der Waals surface area contributed by atoms with Gasteiger partial charge in [-0.15, -0.1) is 0 Å². The normalized spacial score (nSPS) is 10.0. The van der Waals surface area contributed by atoms with Crippen LogP contribution in [0.25, 0.3) is 11.8 Å². The second-order valence-electron chi connectivity index (χ2n) is 2.41. The highest BCUT2D eigenvalue weighted by atomic mass is 32.1. The van der Waals surface area contributed by atoms with Crippen LogP contribution in [0.2, 0.25) is 0 Å². The standard InChI is InChI=1S/C10H11NOS.C2H6/c1-3-8-7-11-6-5-9(8)10(4-2)12-13;1-2/h3-7,13H,1H2,2H3;1-2H3/b10-4+;. The Morgan fingerprint density at radius 3 is 2.67 bits per heavy atom. The first-order valence-electron chi connectivity index (χ1n) is 4.88. The molecule has 1 aromatic heterocycles. The molecule has 0 aromatic carbocycles. The Kier molecular flexibility index (Phi) is 7.46. The second kappa shape index (κ2) is 8.12. The molecule has 0 amide bonds. The van der Waals surface area contributed by atoms with Gasteiger partial charge in [0.1, 0.15) is 5.76 Å². The van der Waals surface area contributed by atoms with Gasteiger partial charge in [-0.2, -0.15) is 0 Å². The Morgan fingerprint density at radius 1 is 1.53 bits per heavy atom. The van der Waals surface area contributed by atoms with Gasteiger partial charge < -0.3 is 4.18 Å². The fraction of sp³-hybridized carbons (Fsp3) is 0.250. The Bertz CT molecular complexity index is 334. The molecule has 0 N–H and O–H groups in total. The Morgan fingerprint density at radius 2 is 2.20 bits per heavy atom. The van der Waals surface area contributed by atoms with Crippen LogP contribution in [0.1, 0.15) is 31.9 Å². The van der Waals surface area contributed by atoms with Crippen LogP contribution >= 0.6 is 12.9 Å². The topological polar surface area (TPSA) is 22.1 Å². The molecule has 0 fully saturated rings. The van der Waals surface area contributed by atoms with Crippen molar-refractivity contribution in [3.63, 3.8) is 0 Å². The Hall–Kier alpha value is -1.22. The average molecular weight is 223 g/mol. The zero-order valence-electron chi connectivity index (χ0n) is 9.40. The maximum absolute atomic E-state index is 4.91. The lowest BCUT2D eigenvalue weighted by atomic mass is 10.1. The molecule has 0 spiro atoms. The molecule has 1 rings (SSSR count). The largest absolute Gasteiger partial charge is 0.429 e. The maximum Gasteiger partial charge on any atom is 0.140 e. The summed E-state index contributed by atoms with van der Waals surface area (Å²) in [6.07, 6.45) is 7.02. The van der Waals surface area contributed by atoms with E-state index in [1.165, 1.54) is 0 Å². The van der Waals surface area contributed by atoms with Gasteiger partial charge in [-0.3, -0.25) is 4.98 Å². The smallest absolute Gasteiger partial charge is 0.140 e. The third-order valence-electron chi connectivity index (χ3n) is 1.70. The van der Waals surface area contributed by atoms with Gasteiger partial charge in [-0.1, -0.05) is 26.5 Å². The van der Waals surface area contributed by atoms with Gasteiger partial charge in [0, 0.05) is 36.4 Å². The predicted molar refractivity (Wildman–Crippen MR) is 69.4 cm³/mol. The highest BCUT2D eigenvalue weighted by Gasteiger charge is 2.04. The van der Waals surface area contributed by atoms with Crippen LogP contribution < -0.4 is 0 Å². The minimum Gasteiger partial charge on any atom is -0.429 e. The predicted octanol–water partition coefficient (Wildman–Crippen LogP) is 3.97. The molecule has 3 heteroatoms. The number of rotatable bonds is 3. The maximum atomic E-state index is 4.91. The monoisotopic (exact) mass is 223 g/mol. The first kappa shape index (κ1) is 13.8. The molecule has 1 heterocycles. The van der Waals surface area contributed by atoms with Crippen LogP contribution in [0.15, 0.2) is 31.1 Å². The summed E-state index contributed by atoms with van der Waals surface area (Å²) < 4.78 is 4.91. The van der Waals surface area contributed by atoms with E-state index in [2.05, 4.69) is 24.5 Å². The lowest BCUT2D eigenvalue weighted by molar-refractivity contribution is 0.614. The zero-order valence-corrected chi connectivity index (χ0v) is 10.3. The summed E-state index contributed by atoms with van der Waals surface area (Å²) in [5.74, 6) is 0.709. The fourth-order valence-electron chi connectivity index (χ4n) is 1.05. The van der Waals surface area contributed by atoms with Crippen LogP contribution in [0.5, 0.6) is 0 Å². The number of nitrogens with zero attached hydrogens (tertiary/aromatic N) is 1. The zero-order chi connectivity index (χ0) is 11.7. The number of pyridine rings is 1. The third kappa shape index (κ3) is 3.80. The first-order valence-corrected chi connectivity index (χ1v) is 5.24. The van der Waals surface area contributed by atoms with E-state index < -0.39 is 0 Å². The second-order valence-corrected chi connectivity index (χ2v) is 2.59. The van der Waals surface area contributed by atoms with Crippen molar-refractivity contribution in [2.45, 2.75) is 20.8 Å². The van der Waals surface area contributed by atoms with Crippen LogP contribution in [0.4, 0.5) is 0 Å². The summed E-state index contributed by atoms with van der Waals surface area (Å²) in [6.45, 7) is 9.58. The van der Waals surface area contributed by atoms with E-state index in [-0.39, 0.29) is 0 Å². The summed E-state index contributed by atoms with van der Waals surface area (Å²) in [6, 6.07) is 1.86. The van der Waals surface area contributed by atoms with E-state index in [0.717, 1.165) is 11.1 Å². The molecule has 0 aliphatic rings. The van der Waals surface area contributed by atoms with E-state index in [9.17, 15) is 0 Å². The number of hydrogen-bond donors (Lipinski definition) is 1. The summed E-state index contributed by atoms with van der Waals surface area (Å²) >= 11 is 3.77. The van der Waals surface area contributed by atoms with Crippen LogP contribution in [-0.4, -0.2) is 4.98 Å². The van der Waals surface area contributed by atoms with Crippen LogP contribution in [0, 0.1) is 0 Å². The minimum atomic E-state index is 0.709. The van der Waals surface area contributed by atoms with Gasteiger partial charge >= 0.3 is 0 Å². The van der Waals surface area contributed by atoms with Gasteiger partial charge in [0.15, 0.2) is 0 Å². The van der Waals surface area contributed by atoms with Crippen LogP contribution in [-0.2, 0) is 4.18 Å². The minimum absolute atomic E-state index is 0.709. The molecule has 0 aliphatic carbocycles. The molecule has 0 atom stereocenters. The highest BCUT2D eigenvalue weighted by molar-refractivity contribution is 7.75. The summed E-state index contributed by atoms with van der Waals surface area (Å²) in [5, 5.41) is 0.